The largest absolute Gasteiger partial charge is 0.465 e. The van der Waals surface area contributed by atoms with Crippen molar-refractivity contribution < 1.29 is 14.3 Å². The number of aldehydes is 1. The van der Waals surface area contributed by atoms with Gasteiger partial charge in [-0.15, -0.1) is 0 Å². The highest BCUT2D eigenvalue weighted by molar-refractivity contribution is 5.72. The van der Waals surface area contributed by atoms with Crippen LogP contribution in [0.15, 0.2) is 0 Å². The maximum atomic E-state index is 12.2. The summed E-state index contributed by atoms with van der Waals surface area (Å²) in [6, 6.07) is 0. The summed E-state index contributed by atoms with van der Waals surface area (Å²) in [4.78, 5) is 22.4. The summed E-state index contributed by atoms with van der Waals surface area (Å²) >= 11 is 0. The zero-order valence-corrected chi connectivity index (χ0v) is 14.8. The van der Waals surface area contributed by atoms with Gasteiger partial charge < -0.3 is 9.53 Å². The van der Waals surface area contributed by atoms with E-state index < -0.39 is 0 Å². The average Bonchev–Trinajstić information content (AvgIpc) is 2.52. The van der Waals surface area contributed by atoms with E-state index in [1.165, 1.54) is 25.7 Å². The van der Waals surface area contributed by atoms with Crippen LogP contribution in [0.4, 0.5) is 0 Å². The highest BCUT2D eigenvalue weighted by atomic mass is 16.5. The second kappa shape index (κ2) is 16.5. The zero-order valence-electron chi connectivity index (χ0n) is 14.8. The molecule has 3 nitrogen and oxygen atoms in total. The fraction of sp³-hybridized carbons (Fsp3) is 0.895. The van der Waals surface area contributed by atoms with E-state index in [1.54, 1.807) is 0 Å². The third kappa shape index (κ3) is 12.8. The van der Waals surface area contributed by atoms with Gasteiger partial charge in [0, 0.05) is 6.42 Å². The van der Waals surface area contributed by atoms with Gasteiger partial charge in [-0.05, 0) is 25.7 Å². The lowest BCUT2D eigenvalue weighted by molar-refractivity contribution is -0.149. The van der Waals surface area contributed by atoms with Crippen LogP contribution in [0.1, 0.15) is 97.3 Å². The Labute approximate surface area is 137 Å². The van der Waals surface area contributed by atoms with Crippen LogP contribution in [0.25, 0.3) is 0 Å². The van der Waals surface area contributed by atoms with Crippen molar-refractivity contribution in [2.75, 3.05) is 6.61 Å². The molecule has 0 aromatic rings. The molecule has 0 aromatic heterocycles. The van der Waals surface area contributed by atoms with Crippen molar-refractivity contribution in [2.45, 2.75) is 97.3 Å². The molecule has 130 valence electrons. The molecule has 0 aliphatic carbocycles. The number of rotatable bonds is 16. The third-order valence-electron chi connectivity index (χ3n) is 4.11. The molecule has 0 aliphatic heterocycles. The molecule has 0 unspecified atom stereocenters. The summed E-state index contributed by atoms with van der Waals surface area (Å²) in [5.41, 5.74) is 0. The first-order valence-corrected chi connectivity index (χ1v) is 9.36. The van der Waals surface area contributed by atoms with E-state index in [-0.39, 0.29) is 11.9 Å². The van der Waals surface area contributed by atoms with Crippen LogP contribution in [-0.4, -0.2) is 18.9 Å². The minimum atomic E-state index is 0.0140. The normalized spacial score (nSPS) is 10.9. The zero-order chi connectivity index (χ0) is 16.5. The molecule has 0 amide bonds. The van der Waals surface area contributed by atoms with Gasteiger partial charge in [0.1, 0.15) is 6.29 Å². The number of carbonyl (C=O) groups is 2. The Hall–Kier alpha value is -0.860. The standard InChI is InChI=1S/C19H36O3/c1-3-5-10-14-18(15-11-6-4-2)19(21)22-17-13-9-7-8-12-16-20/h16,18H,3-15,17H2,1-2H3. The quantitative estimate of drug-likeness (QED) is 0.216. The van der Waals surface area contributed by atoms with Gasteiger partial charge in [-0.2, -0.15) is 0 Å². The number of carbonyl (C=O) groups excluding carboxylic acids is 2. The summed E-state index contributed by atoms with van der Waals surface area (Å²) in [6.07, 6.45) is 14.6. The second-order valence-electron chi connectivity index (χ2n) is 6.23. The van der Waals surface area contributed by atoms with Crippen LogP contribution in [0, 0.1) is 5.92 Å². The Bertz CT molecular complexity index is 253. The van der Waals surface area contributed by atoms with Gasteiger partial charge in [-0.25, -0.2) is 0 Å². The Morgan fingerprint density at radius 2 is 1.45 bits per heavy atom. The van der Waals surface area contributed by atoms with Gasteiger partial charge in [0.05, 0.1) is 12.5 Å². The van der Waals surface area contributed by atoms with E-state index in [2.05, 4.69) is 13.8 Å². The van der Waals surface area contributed by atoms with Crippen LogP contribution >= 0.6 is 0 Å². The number of hydrogen-bond acceptors (Lipinski definition) is 3. The van der Waals surface area contributed by atoms with Gasteiger partial charge in [-0.1, -0.05) is 65.2 Å². The molecule has 0 radical (unpaired) electrons. The van der Waals surface area contributed by atoms with Crippen molar-refractivity contribution >= 4 is 12.3 Å². The summed E-state index contributed by atoms with van der Waals surface area (Å²) in [6.45, 7) is 4.92. The van der Waals surface area contributed by atoms with E-state index >= 15 is 0 Å². The van der Waals surface area contributed by atoms with E-state index in [0.29, 0.717) is 13.0 Å². The minimum Gasteiger partial charge on any atom is -0.465 e. The van der Waals surface area contributed by atoms with Crippen molar-refractivity contribution in [1.29, 1.82) is 0 Å². The number of hydrogen-bond donors (Lipinski definition) is 0. The maximum absolute atomic E-state index is 12.2. The van der Waals surface area contributed by atoms with Crippen molar-refractivity contribution in [3.8, 4) is 0 Å². The predicted octanol–water partition coefficient (Wildman–Crippen LogP) is 5.46. The van der Waals surface area contributed by atoms with E-state index in [1.807, 2.05) is 0 Å². The second-order valence-corrected chi connectivity index (χ2v) is 6.23. The van der Waals surface area contributed by atoms with Gasteiger partial charge in [-0.3, -0.25) is 4.79 Å². The molecular formula is C19H36O3. The molecule has 0 aliphatic rings. The molecule has 0 fully saturated rings. The van der Waals surface area contributed by atoms with Gasteiger partial charge >= 0.3 is 5.97 Å². The summed E-state index contributed by atoms with van der Waals surface area (Å²) < 4.78 is 5.46. The van der Waals surface area contributed by atoms with Gasteiger partial charge in [0.15, 0.2) is 0 Å². The fourth-order valence-electron chi connectivity index (χ4n) is 2.64. The lowest BCUT2D eigenvalue weighted by atomic mass is 9.95. The molecule has 22 heavy (non-hydrogen) atoms. The van der Waals surface area contributed by atoms with E-state index in [9.17, 15) is 9.59 Å². The molecule has 3 heteroatoms. The summed E-state index contributed by atoms with van der Waals surface area (Å²) in [7, 11) is 0. The summed E-state index contributed by atoms with van der Waals surface area (Å²) in [5, 5.41) is 0. The lowest BCUT2D eigenvalue weighted by Gasteiger charge is -2.16. The molecule has 0 rings (SSSR count). The monoisotopic (exact) mass is 312 g/mol. The Morgan fingerprint density at radius 3 is 2.00 bits per heavy atom. The van der Waals surface area contributed by atoms with Crippen molar-refractivity contribution in [3.63, 3.8) is 0 Å². The maximum Gasteiger partial charge on any atom is 0.308 e. The molecule has 0 saturated carbocycles. The SMILES string of the molecule is CCCCCC(CCCCC)C(=O)OCCCCCCC=O. The Balaban J connectivity index is 3.85. The molecule has 0 spiro atoms. The number of unbranched alkanes of at least 4 members (excludes halogenated alkanes) is 8. The molecule has 0 atom stereocenters. The highest BCUT2D eigenvalue weighted by Crippen LogP contribution is 2.19. The van der Waals surface area contributed by atoms with Gasteiger partial charge in [0.25, 0.3) is 0 Å². The molecule has 0 aromatic carbocycles. The number of ether oxygens (including phenoxy) is 1. The van der Waals surface area contributed by atoms with Crippen LogP contribution in [0.3, 0.4) is 0 Å². The molecule has 0 saturated heterocycles. The van der Waals surface area contributed by atoms with Crippen LogP contribution in [-0.2, 0) is 14.3 Å². The molecular weight excluding hydrogens is 276 g/mol. The highest BCUT2D eigenvalue weighted by Gasteiger charge is 2.18. The lowest BCUT2D eigenvalue weighted by Crippen LogP contribution is -2.18. The Morgan fingerprint density at radius 1 is 0.864 bits per heavy atom. The van der Waals surface area contributed by atoms with E-state index in [0.717, 1.165) is 57.7 Å². The first kappa shape index (κ1) is 21.1. The molecule has 0 bridgehead atoms. The van der Waals surface area contributed by atoms with Crippen molar-refractivity contribution in [2.24, 2.45) is 5.92 Å². The smallest absolute Gasteiger partial charge is 0.308 e. The van der Waals surface area contributed by atoms with Crippen molar-refractivity contribution in [3.05, 3.63) is 0 Å². The first-order valence-electron chi connectivity index (χ1n) is 9.36. The predicted molar refractivity (Wildman–Crippen MR) is 91.9 cm³/mol. The Kier molecular flexibility index (Phi) is 15.9. The topological polar surface area (TPSA) is 43.4 Å². The fourth-order valence-corrected chi connectivity index (χ4v) is 2.64. The molecule has 0 heterocycles. The van der Waals surface area contributed by atoms with E-state index in [4.69, 9.17) is 4.74 Å². The third-order valence-corrected chi connectivity index (χ3v) is 4.11. The van der Waals surface area contributed by atoms with Crippen LogP contribution in [0.5, 0.6) is 0 Å². The van der Waals surface area contributed by atoms with Crippen molar-refractivity contribution in [1.82, 2.24) is 0 Å². The number of esters is 1. The first-order chi connectivity index (χ1) is 10.8. The summed E-state index contributed by atoms with van der Waals surface area (Å²) in [5.74, 6) is 0.119. The minimum absolute atomic E-state index is 0.0140. The van der Waals surface area contributed by atoms with Crippen LogP contribution in [0.2, 0.25) is 0 Å². The molecule has 0 N–H and O–H groups in total. The average molecular weight is 312 g/mol. The van der Waals surface area contributed by atoms with Gasteiger partial charge in [0.2, 0.25) is 0 Å². The van der Waals surface area contributed by atoms with Crippen LogP contribution < -0.4 is 0 Å².